The fourth-order valence-corrected chi connectivity index (χ4v) is 2.05. The highest BCUT2D eigenvalue weighted by molar-refractivity contribution is 6.40. The van der Waals surface area contributed by atoms with Crippen LogP contribution in [0.25, 0.3) is 0 Å². The molecule has 1 aromatic carbocycles. The minimum Gasteiger partial charge on any atom is -0.388 e. The standard InChI is InChI=1S/C16H23ClN2O3/c1-5-10(2)16(4,22)9-18-14(20)15(21)19-13-8-6-7-12(17)11(13)3/h6-8,10,22H,5,9H2,1-4H3,(H,18,20)(H,19,21)/t10-,16-/m0/s1. The Morgan fingerprint density at radius 3 is 2.59 bits per heavy atom. The van der Waals surface area contributed by atoms with Crippen molar-refractivity contribution in [1.29, 1.82) is 0 Å². The predicted octanol–water partition coefficient (Wildman–Crippen LogP) is 2.50. The molecular formula is C16H23ClN2O3. The van der Waals surface area contributed by atoms with Crippen molar-refractivity contribution in [3.8, 4) is 0 Å². The van der Waals surface area contributed by atoms with Crippen molar-refractivity contribution in [2.45, 2.75) is 39.7 Å². The largest absolute Gasteiger partial charge is 0.388 e. The molecule has 0 saturated carbocycles. The molecule has 0 unspecified atom stereocenters. The van der Waals surface area contributed by atoms with E-state index < -0.39 is 17.4 Å². The van der Waals surface area contributed by atoms with Crippen LogP contribution in [-0.4, -0.2) is 29.1 Å². The molecular weight excluding hydrogens is 304 g/mol. The van der Waals surface area contributed by atoms with Crippen LogP contribution in [0.15, 0.2) is 18.2 Å². The molecule has 122 valence electrons. The molecule has 0 fully saturated rings. The molecule has 0 spiro atoms. The zero-order chi connectivity index (χ0) is 16.9. The number of carbonyl (C=O) groups excluding carboxylic acids is 2. The number of carbonyl (C=O) groups is 2. The third kappa shape index (κ3) is 4.71. The number of amides is 2. The number of halogens is 1. The molecule has 5 nitrogen and oxygen atoms in total. The summed E-state index contributed by atoms with van der Waals surface area (Å²) in [7, 11) is 0. The first-order chi connectivity index (χ1) is 10.2. The summed E-state index contributed by atoms with van der Waals surface area (Å²) >= 11 is 5.96. The molecule has 0 radical (unpaired) electrons. The van der Waals surface area contributed by atoms with Gasteiger partial charge in [-0.1, -0.05) is 37.9 Å². The number of aliphatic hydroxyl groups is 1. The molecule has 1 aromatic rings. The van der Waals surface area contributed by atoms with E-state index in [1.54, 1.807) is 32.0 Å². The van der Waals surface area contributed by atoms with Gasteiger partial charge in [0.15, 0.2) is 0 Å². The van der Waals surface area contributed by atoms with E-state index >= 15 is 0 Å². The van der Waals surface area contributed by atoms with Crippen LogP contribution < -0.4 is 10.6 Å². The van der Waals surface area contributed by atoms with Gasteiger partial charge in [0, 0.05) is 17.3 Å². The van der Waals surface area contributed by atoms with Gasteiger partial charge < -0.3 is 15.7 Å². The van der Waals surface area contributed by atoms with Gasteiger partial charge in [0.1, 0.15) is 0 Å². The summed E-state index contributed by atoms with van der Waals surface area (Å²) in [6, 6.07) is 5.06. The molecule has 6 heteroatoms. The lowest BCUT2D eigenvalue weighted by atomic mass is 9.89. The highest BCUT2D eigenvalue weighted by Gasteiger charge is 2.28. The highest BCUT2D eigenvalue weighted by atomic mass is 35.5. The van der Waals surface area contributed by atoms with Crippen LogP contribution in [0.5, 0.6) is 0 Å². The second-order valence-electron chi connectivity index (χ2n) is 5.72. The first kappa shape index (κ1) is 18.5. The predicted molar refractivity (Wildman–Crippen MR) is 87.9 cm³/mol. The lowest BCUT2D eigenvalue weighted by molar-refractivity contribution is -0.137. The van der Waals surface area contributed by atoms with Gasteiger partial charge >= 0.3 is 11.8 Å². The van der Waals surface area contributed by atoms with E-state index in [1.807, 2.05) is 13.8 Å². The number of hydrogen-bond acceptors (Lipinski definition) is 3. The number of nitrogens with one attached hydrogen (secondary N) is 2. The van der Waals surface area contributed by atoms with Crippen LogP contribution in [0, 0.1) is 12.8 Å². The lowest BCUT2D eigenvalue weighted by Gasteiger charge is -2.29. The maximum Gasteiger partial charge on any atom is 0.313 e. The van der Waals surface area contributed by atoms with Crippen molar-refractivity contribution in [2.75, 3.05) is 11.9 Å². The summed E-state index contributed by atoms with van der Waals surface area (Å²) in [5.74, 6) is -1.57. The minimum absolute atomic E-state index is 0.00559. The topological polar surface area (TPSA) is 78.4 Å². The lowest BCUT2D eigenvalue weighted by Crippen LogP contribution is -2.47. The van der Waals surface area contributed by atoms with E-state index in [2.05, 4.69) is 10.6 Å². The van der Waals surface area contributed by atoms with E-state index in [4.69, 9.17) is 11.6 Å². The second-order valence-corrected chi connectivity index (χ2v) is 6.12. The summed E-state index contributed by atoms with van der Waals surface area (Å²) in [5, 5.41) is 15.7. The molecule has 0 aliphatic heterocycles. The molecule has 3 N–H and O–H groups in total. The zero-order valence-electron chi connectivity index (χ0n) is 13.4. The van der Waals surface area contributed by atoms with Crippen molar-refractivity contribution in [3.63, 3.8) is 0 Å². The molecule has 0 aliphatic carbocycles. The van der Waals surface area contributed by atoms with Gasteiger partial charge in [-0.2, -0.15) is 0 Å². The Balaban J connectivity index is 2.63. The highest BCUT2D eigenvalue weighted by Crippen LogP contribution is 2.23. The smallest absolute Gasteiger partial charge is 0.313 e. The van der Waals surface area contributed by atoms with E-state index in [0.717, 1.165) is 6.42 Å². The molecule has 22 heavy (non-hydrogen) atoms. The van der Waals surface area contributed by atoms with Crippen LogP contribution in [0.1, 0.15) is 32.8 Å². The van der Waals surface area contributed by atoms with Crippen molar-refractivity contribution >= 4 is 29.1 Å². The van der Waals surface area contributed by atoms with Crippen LogP contribution in [0.4, 0.5) is 5.69 Å². The molecule has 0 saturated heterocycles. The van der Waals surface area contributed by atoms with Gasteiger partial charge in [0.25, 0.3) is 0 Å². The summed E-state index contributed by atoms with van der Waals surface area (Å²) in [6.07, 6.45) is 0.775. The van der Waals surface area contributed by atoms with Crippen molar-refractivity contribution in [2.24, 2.45) is 5.92 Å². The van der Waals surface area contributed by atoms with Crippen LogP contribution in [-0.2, 0) is 9.59 Å². The third-order valence-electron chi connectivity index (χ3n) is 4.00. The second kappa shape index (κ2) is 7.61. The van der Waals surface area contributed by atoms with E-state index in [0.29, 0.717) is 16.3 Å². The molecule has 1 rings (SSSR count). The number of rotatable bonds is 5. The average molecular weight is 327 g/mol. The normalized spacial score (nSPS) is 14.8. The molecule has 0 bridgehead atoms. The van der Waals surface area contributed by atoms with Crippen LogP contribution in [0.2, 0.25) is 5.02 Å². The number of anilines is 1. The summed E-state index contributed by atoms with van der Waals surface area (Å²) < 4.78 is 0. The minimum atomic E-state index is -1.06. The zero-order valence-corrected chi connectivity index (χ0v) is 14.1. The van der Waals surface area contributed by atoms with Gasteiger partial charge in [0.2, 0.25) is 0 Å². The Kier molecular flexibility index (Phi) is 6.38. The number of benzene rings is 1. The Morgan fingerprint density at radius 2 is 2.00 bits per heavy atom. The van der Waals surface area contributed by atoms with Gasteiger partial charge in [-0.3, -0.25) is 9.59 Å². The van der Waals surface area contributed by atoms with Crippen molar-refractivity contribution in [1.82, 2.24) is 5.32 Å². The van der Waals surface area contributed by atoms with Gasteiger partial charge in [0.05, 0.1) is 5.60 Å². The maximum absolute atomic E-state index is 11.9. The van der Waals surface area contributed by atoms with Crippen molar-refractivity contribution in [3.05, 3.63) is 28.8 Å². The summed E-state index contributed by atoms with van der Waals surface area (Å²) in [4.78, 5) is 23.7. The Bertz CT molecular complexity index is 558. The fraction of sp³-hybridized carbons (Fsp3) is 0.500. The monoisotopic (exact) mass is 326 g/mol. The van der Waals surface area contributed by atoms with E-state index in [1.165, 1.54) is 0 Å². The SMILES string of the molecule is CC[C@H](C)[C@@](C)(O)CNC(=O)C(=O)Nc1cccc(Cl)c1C. The fourth-order valence-electron chi connectivity index (χ4n) is 1.88. The van der Waals surface area contributed by atoms with Gasteiger partial charge in [-0.05, 0) is 37.5 Å². The quantitative estimate of drug-likeness (QED) is 0.727. The summed E-state index contributed by atoms with van der Waals surface area (Å²) in [5.41, 5.74) is 0.120. The van der Waals surface area contributed by atoms with E-state index in [-0.39, 0.29) is 12.5 Å². The van der Waals surface area contributed by atoms with Gasteiger partial charge in [-0.15, -0.1) is 0 Å². The molecule has 2 atom stereocenters. The third-order valence-corrected chi connectivity index (χ3v) is 4.41. The van der Waals surface area contributed by atoms with E-state index in [9.17, 15) is 14.7 Å². The van der Waals surface area contributed by atoms with Crippen molar-refractivity contribution < 1.29 is 14.7 Å². The average Bonchev–Trinajstić information content (AvgIpc) is 2.48. The van der Waals surface area contributed by atoms with Gasteiger partial charge in [-0.25, -0.2) is 0 Å². The maximum atomic E-state index is 11.9. The number of hydrogen-bond donors (Lipinski definition) is 3. The van der Waals surface area contributed by atoms with Crippen LogP contribution >= 0.6 is 11.6 Å². The first-order valence-electron chi connectivity index (χ1n) is 7.25. The Hall–Kier alpha value is -1.59. The summed E-state index contributed by atoms with van der Waals surface area (Å²) in [6.45, 7) is 7.25. The molecule has 2 amide bonds. The Morgan fingerprint density at radius 1 is 1.36 bits per heavy atom. The molecule has 0 heterocycles. The molecule has 0 aliphatic rings. The van der Waals surface area contributed by atoms with Crippen LogP contribution in [0.3, 0.4) is 0 Å². The molecule has 0 aromatic heterocycles. The Labute approximate surface area is 136 Å². The first-order valence-corrected chi connectivity index (χ1v) is 7.63.